The quantitative estimate of drug-likeness (QED) is 0.0149. The number of pyridine rings is 1. The molecule has 6 rings (SSSR count). The first-order valence-corrected chi connectivity index (χ1v) is 33.1. The predicted molar refractivity (Wildman–Crippen MR) is 366 cm³/mol. The van der Waals surface area contributed by atoms with E-state index in [1.807, 2.05) is 56.3 Å². The smallest absolute Gasteiger partial charge is 0.312 e. The van der Waals surface area contributed by atoms with Gasteiger partial charge in [-0.1, -0.05) is 98.2 Å². The normalized spacial score (nSPS) is 15.2. The summed E-state index contributed by atoms with van der Waals surface area (Å²) in [5.74, 6) is -10.2. The number of aliphatic imine (C=N–C) groups is 1. The zero-order valence-electron chi connectivity index (χ0n) is 55.3. The standard InChI is InChI=1S/C71H91ClN12O13/c1-42(2)31-51(65(92)81-57(15-9-28-77-70(73)74)69(96)84-30-10-16-61(84)43(3)86)37-62(89)56(14-8-29-78-71(75)97)80-66(93)52(32-45-20-25-55(88)26-21-45)39-64(91)60(41-85)83-67(94)53(34-48-11-7-27-76-40-48)38-63(90)58(35-46-18-23-54(72)24-19-46)82-68(95)59(79-44(4)87)36-47-17-22-49-12-5-6-13-50(49)33-47/h5-7,11-13,17-27,33,40,42,51-53,56-61,85,88H,8-10,14-16,28-32,34-39,41H2,1-4H3,(H,79,87)(H,80,93)(H,81,92)(H,82,95)(H,83,94)(H4,73,74,77)(H3,75,78,97)/t51-,52-,53+,56-,57+,58-,59-,60+,61?/m1/s1. The van der Waals surface area contributed by atoms with Crippen LogP contribution in [0.15, 0.2) is 121 Å². The summed E-state index contributed by atoms with van der Waals surface area (Å²) in [6.07, 6.45) is 2.71. The molecule has 2 heterocycles. The summed E-state index contributed by atoms with van der Waals surface area (Å²) >= 11 is 6.24. The number of guanidine groups is 1. The molecule has 97 heavy (non-hydrogen) atoms. The maximum Gasteiger partial charge on any atom is 0.312 e. The Morgan fingerprint density at radius 2 is 1.16 bits per heavy atom. The van der Waals surface area contributed by atoms with Crippen molar-refractivity contribution < 1.29 is 63.0 Å². The molecule has 1 aromatic heterocycles. The summed E-state index contributed by atoms with van der Waals surface area (Å²) in [6, 6.07) is 21.0. The number of aromatic nitrogens is 1. The molecule has 8 amide bonds. The number of amides is 8. The number of urea groups is 1. The van der Waals surface area contributed by atoms with Crippen LogP contribution in [-0.4, -0.2) is 153 Å². The highest BCUT2D eigenvalue weighted by Crippen LogP contribution is 2.26. The van der Waals surface area contributed by atoms with Gasteiger partial charge in [-0.05, 0) is 140 Å². The van der Waals surface area contributed by atoms with Crippen molar-refractivity contribution in [3.05, 3.63) is 143 Å². The van der Waals surface area contributed by atoms with E-state index in [4.69, 9.17) is 28.8 Å². The number of carbonyl (C=O) groups excluding carboxylic acids is 11. The number of aromatic hydroxyl groups is 1. The van der Waals surface area contributed by atoms with Gasteiger partial charge < -0.3 is 64.2 Å². The molecule has 0 bridgehead atoms. The highest BCUT2D eigenvalue weighted by molar-refractivity contribution is 6.30. The number of ketones is 4. The van der Waals surface area contributed by atoms with Crippen molar-refractivity contribution >= 4 is 92.9 Å². The Bertz CT molecular complexity index is 3570. The molecule has 26 heteroatoms. The molecule has 25 nitrogen and oxygen atoms in total. The second kappa shape index (κ2) is 38.2. The summed E-state index contributed by atoms with van der Waals surface area (Å²) < 4.78 is 0. The van der Waals surface area contributed by atoms with E-state index in [2.05, 4.69) is 41.9 Å². The van der Waals surface area contributed by atoms with E-state index in [0.29, 0.717) is 41.1 Å². The van der Waals surface area contributed by atoms with E-state index in [1.165, 1.54) is 55.4 Å². The average molecular weight is 1360 g/mol. The third-order valence-corrected chi connectivity index (χ3v) is 17.2. The SMILES string of the molecule is CC(=O)N[C@H](Cc1ccc2ccccc2c1)C(=O)N[C@H](Cc1ccc(Cl)cc1)C(=O)C[C@H](Cc1cccnc1)C(=O)N[C@@H](CO)C(=O)C[C@@H](Cc1ccc(O)cc1)C(=O)N[C@H](CCCNC(N)=O)C(=O)C[C@@H](CC(C)C)C(=O)N[C@@H](CCCN=C(N)N)C(=O)N1CCCC1C(C)=O. The maximum absolute atomic E-state index is 14.9. The number of rotatable bonds is 39. The van der Waals surface area contributed by atoms with Crippen molar-refractivity contribution in [2.75, 3.05) is 26.2 Å². The minimum Gasteiger partial charge on any atom is -0.508 e. The molecule has 0 saturated carbocycles. The number of hydrogen-bond acceptors (Lipinski definition) is 15. The molecule has 1 saturated heterocycles. The van der Waals surface area contributed by atoms with Gasteiger partial charge in [-0.2, -0.15) is 0 Å². The number of primary amides is 1. The maximum atomic E-state index is 14.9. The molecule has 0 radical (unpaired) electrons. The number of aliphatic hydroxyl groups excluding tert-OH is 1. The fraction of sp³-hybridized carbons (Fsp3) is 0.451. The molecule has 1 aliphatic heterocycles. The molecule has 0 aliphatic carbocycles. The van der Waals surface area contributed by atoms with Crippen molar-refractivity contribution in [1.29, 1.82) is 0 Å². The largest absolute Gasteiger partial charge is 0.508 e. The van der Waals surface area contributed by atoms with Gasteiger partial charge in [0.15, 0.2) is 29.1 Å². The van der Waals surface area contributed by atoms with Crippen LogP contribution in [0.2, 0.25) is 5.02 Å². The van der Waals surface area contributed by atoms with Gasteiger partial charge in [-0.3, -0.25) is 57.9 Å². The average Bonchev–Trinajstić information content (AvgIpc) is 1.55. The summed E-state index contributed by atoms with van der Waals surface area (Å²) in [7, 11) is 0. The lowest BCUT2D eigenvalue weighted by atomic mass is 9.87. The first-order chi connectivity index (χ1) is 46.3. The molecule has 1 fully saturated rings. The lowest BCUT2D eigenvalue weighted by Gasteiger charge is -2.30. The Labute approximate surface area is 569 Å². The number of nitrogens with one attached hydrogen (secondary N) is 6. The van der Waals surface area contributed by atoms with Gasteiger partial charge in [0.25, 0.3) is 0 Å². The van der Waals surface area contributed by atoms with Crippen LogP contribution in [0.4, 0.5) is 4.79 Å². The lowest BCUT2D eigenvalue weighted by Crippen LogP contribution is -2.53. The van der Waals surface area contributed by atoms with Crippen LogP contribution >= 0.6 is 11.6 Å². The van der Waals surface area contributed by atoms with Gasteiger partial charge in [0.1, 0.15) is 23.9 Å². The van der Waals surface area contributed by atoms with Gasteiger partial charge >= 0.3 is 6.03 Å². The van der Waals surface area contributed by atoms with E-state index in [9.17, 15) is 63.0 Å². The van der Waals surface area contributed by atoms with Crippen molar-refractivity contribution in [3.63, 3.8) is 0 Å². The Balaban J connectivity index is 1.25. The van der Waals surface area contributed by atoms with Crippen molar-refractivity contribution in [2.45, 2.75) is 154 Å². The van der Waals surface area contributed by atoms with Crippen molar-refractivity contribution in [2.24, 2.45) is 45.9 Å². The first kappa shape index (κ1) is 76.4. The fourth-order valence-corrected chi connectivity index (χ4v) is 12.1. The Hall–Kier alpha value is -9.62. The minimum absolute atomic E-state index is 0.0174. The zero-order valence-corrected chi connectivity index (χ0v) is 56.1. The second-order valence-electron chi connectivity index (χ2n) is 25.2. The number of nitrogens with two attached hydrogens (primary N) is 3. The molecule has 9 atom stereocenters. The summed E-state index contributed by atoms with van der Waals surface area (Å²) in [6.45, 7) is 5.81. The van der Waals surface area contributed by atoms with E-state index in [-0.39, 0.29) is 94.3 Å². The third-order valence-electron chi connectivity index (χ3n) is 17.0. The number of Topliss-reactive ketones (excluding diaryl/α,β-unsaturated/α-hetero) is 4. The fourth-order valence-electron chi connectivity index (χ4n) is 12.0. The van der Waals surface area contributed by atoms with Gasteiger partial charge in [0.2, 0.25) is 35.4 Å². The number of fused-ring (bicyclic) bond motifs is 1. The molecule has 1 unspecified atom stereocenters. The molecule has 0 spiro atoms. The number of phenolic OH excluding ortho intramolecular Hbond substituents is 1. The second-order valence-corrected chi connectivity index (χ2v) is 25.7. The van der Waals surface area contributed by atoms with E-state index in [0.717, 1.165) is 16.3 Å². The van der Waals surface area contributed by atoms with E-state index >= 15 is 0 Å². The summed E-state index contributed by atoms with van der Waals surface area (Å²) in [5, 5.41) is 39.7. The van der Waals surface area contributed by atoms with Crippen molar-refractivity contribution in [1.82, 2.24) is 41.8 Å². The zero-order chi connectivity index (χ0) is 70.7. The highest BCUT2D eigenvalue weighted by atomic mass is 35.5. The first-order valence-electron chi connectivity index (χ1n) is 32.7. The van der Waals surface area contributed by atoms with E-state index in [1.54, 1.807) is 36.4 Å². The number of aliphatic hydroxyl groups is 1. The number of phenols is 1. The monoisotopic (exact) mass is 1350 g/mol. The van der Waals surface area contributed by atoms with Gasteiger partial charge in [0, 0.05) is 87.4 Å². The number of carbonyl (C=O) groups is 11. The van der Waals surface area contributed by atoms with Crippen LogP contribution in [0.3, 0.4) is 0 Å². The Kier molecular flexibility index (Phi) is 30.1. The van der Waals surface area contributed by atoms with Crippen LogP contribution in [-0.2, 0) is 73.6 Å². The van der Waals surface area contributed by atoms with Gasteiger partial charge in [-0.15, -0.1) is 0 Å². The van der Waals surface area contributed by atoms with Crippen LogP contribution in [0.25, 0.3) is 10.8 Å². The topological polar surface area (TPSA) is 407 Å². The number of nitrogens with zero attached hydrogens (tertiary/aromatic N) is 3. The highest BCUT2D eigenvalue weighted by Gasteiger charge is 2.39. The molecular weight excluding hydrogens is 1260 g/mol. The van der Waals surface area contributed by atoms with Crippen LogP contribution in [0, 0.1) is 23.7 Å². The number of hydrogen-bond donors (Lipinski definition) is 11. The molecular formula is C71H91ClN12O13. The number of likely N-dealkylation sites (tertiary alicyclic amines) is 1. The lowest BCUT2D eigenvalue weighted by molar-refractivity contribution is -0.141. The molecule has 520 valence electrons. The molecule has 4 aromatic carbocycles. The Morgan fingerprint density at radius 3 is 1.78 bits per heavy atom. The number of halogens is 1. The van der Waals surface area contributed by atoms with Crippen LogP contribution in [0.1, 0.15) is 114 Å². The van der Waals surface area contributed by atoms with Crippen molar-refractivity contribution in [3.8, 4) is 5.75 Å². The third kappa shape index (κ3) is 25.1. The summed E-state index contributed by atoms with van der Waals surface area (Å²) in [5.41, 5.74) is 18.8. The minimum atomic E-state index is -1.67. The predicted octanol–water partition coefficient (Wildman–Crippen LogP) is 4.16. The molecule has 1 aliphatic rings. The van der Waals surface area contributed by atoms with Gasteiger partial charge in [0.05, 0.1) is 24.7 Å². The van der Waals surface area contributed by atoms with E-state index < -0.39 is 139 Å². The molecule has 14 N–H and O–H groups in total. The molecule has 5 aromatic rings. The Morgan fingerprint density at radius 1 is 0.608 bits per heavy atom. The number of benzene rings is 4. The van der Waals surface area contributed by atoms with Crippen LogP contribution < -0.4 is 49.1 Å². The summed E-state index contributed by atoms with van der Waals surface area (Å²) in [4.78, 5) is 164. The van der Waals surface area contributed by atoms with Crippen LogP contribution in [0.5, 0.6) is 5.75 Å². The van der Waals surface area contributed by atoms with Gasteiger partial charge in [-0.25, -0.2) is 4.79 Å².